The van der Waals surface area contributed by atoms with Gasteiger partial charge in [-0.05, 0) is 40.9 Å². The van der Waals surface area contributed by atoms with Gasteiger partial charge < -0.3 is 10.1 Å². The second-order valence-corrected chi connectivity index (χ2v) is 4.12. The minimum Gasteiger partial charge on any atom is -0.381 e. The van der Waals surface area contributed by atoms with Crippen LogP contribution in [0.3, 0.4) is 0 Å². The van der Waals surface area contributed by atoms with Gasteiger partial charge in [0.1, 0.15) is 4.60 Å². The first-order valence-corrected chi connectivity index (χ1v) is 5.60. The Morgan fingerprint density at radius 3 is 2.93 bits per heavy atom. The molecule has 1 aromatic rings. The smallest absolute Gasteiger partial charge is 0.129 e. The molecule has 3 nitrogen and oxygen atoms in total. The Hall–Kier alpha value is -0.610. The zero-order valence-electron chi connectivity index (χ0n) is 7.87. The Bertz CT molecular complexity index is 300. The van der Waals surface area contributed by atoms with E-state index in [-0.39, 0.29) is 0 Å². The lowest BCUT2D eigenvalue weighted by Crippen LogP contribution is -2.28. The second-order valence-electron chi connectivity index (χ2n) is 3.37. The molecule has 1 fully saturated rings. The van der Waals surface area contributed by atoms with Crippen molar-refractivity contribution < 1.29 is 4.74 Å². The van der Waals surface area contributed by atoms with Crippen molar-refractivity contribution in [3.63, 3.8) is 0 Å². The predicted molar refractivity (Wildman–Crippen MR) is 59.4 cm³/mol. The third-order valence-electron chi connectivity index (χ3n) is 2.34. The molecule has 0 bridgehead atoms. The van der Waals surface area contributed by atoms with Crippen molar-refractivity contribution in [1.29, 1.82) is 0 Å². The molecule has 0 unspecified atom stereocenters. The summed E-state index contributed by atoms with van der Waals surface area (Å²) in [6.45, 7) is 1.71. The molecule has 1 aromatic heterocycles. The minimum absolute atomic E-state index is 0.518. The van der Waals surface area contributed by atoms with E-state index in [0.717, 1.165) is 36.3 Å². The fourth-order valence-electron chi connectivity index (χ4n) is 1.56. The average molecular weight is 257 g/mol. The molecule has 0 amide bonds. The van der Waals surface area contributed by atoms with E-state index in [9.17, 15) is 0 Å². The number of rotatable bonds is 2. The van der Waals surface area contributed by atoms with Gasteiger partial charge in [-0.2, -0.15) is 0 Å². The molecule has 0 aromatic carbocycles. The van der Waals surface area contributed by atoms with Crippen LogP contribution in [0.15, 0.2) is 22.9 Å². The van der Waals surface area contributed by atoms with Crippen LogP contribution in [0.5, 0.6) is 0 Å². The highest BCUT2D eigenvalue weighted by atomic mass is 79.9. The molecular weight excluding hydrogens is 244 g/mol. The summed E-state index contributed by atoms with van der Waals surface area (Å²) in [6.07, 6.45) is 3.92. The third kappa shape index (κ3) is 2.45. The number of hydrogen-bond acceptors (Lipinski definition) is 3. The fraction of sp³-hybridized carbons (Fsp3) is 0.500. The molecule has 0 spiro atoms. The summed E-state index contributed by atoms with van der Waals surface area (Å²) in [7, 11) is 0. The summed E-state index contributed by atoms with van der Waals surface area (Å²) in [5, 5.41) is 3.46. The highest BCUT2D eigenvalue weighted by Gasteiger charge is 2.14. The molecule has 2 heterocycles. The molecule has 0 radical (unpaired) electrons. The van der Waals surface area contributed by atoms with Gasteiger partial charge in [-0.3, -0.25) is 0 Å². The van der Waals surface area contributed by atoms with Gasteiger partial charge in [0, 0.05) is 25.5 Å². The van der Waals surface area contributed by atoms with E-state index in [2.05, 4.69) is 26.2 Å². The van der Waals surface area contributed by atoms with Gasteiger partial charge in [0.05, 0.1) is 5.69 Å². The van der Waals surface area contributed by atoms with Gasteiger partial charge in [0.15, 0.2) is 0 Å². The van der Waals surface area contributed by atoms with Crippen LogP contribution in [0, 0.1) is 0 Å². The van der Waals surface area contributed by atoms with E-state index in [1.807, 2.05) is 12.1 Å². The molecule has 2 rings (SSSR count). The number of nitrogens with one attached hydrogen (secondary N) is 1. The molecule has 0 aliphatic carbocycles. The van der Waals surface area contributed by atoms with Gasteiger partial charge in [0.25, 0.3) is 0 Å². The Labute approximate surface area is 92.0 Å². The SMILES string of the molecule is Brc1ncccc1NC1CCOCC1. The van der Waals surface area contributed by atoms with Gasteiger partial charge in [-0.1, -0.05) is 0 Å². The standard InChI is InChI=1S/C10H13BrN2O/c11-10-9(2-1-5-12-10)13-8-3-6-14-7-4-8/h1-2,5,8,13H,3-4,6-7H2. The van der Waals surface area contributed by atoms with Gasteiger partial charge in [-0.25, -0.2) is 4.98 Å². The first-order valence-electron chi connectivity index (χ1n) is 4.81. The molecule has 4 heteroatoms. The van der Waals surface area contributed by atoms with Crippen molar-refractivity contribution >= 4 is 21.6 Å². The number of anilines is 1. The van der Waals surface area contributed by atoms with Crippen molar-refractivity contribution in [1.82, 2.24) is 4.98 Å². The van der Waals surface area contributed by atoms with E-state index in [1.54, 1.807) is 6.20 Å². The topological polar surface area (TPSA) is 34.2 Å². The Kier molecular flexibility index (Phi) is 3.37. The van der Waals surface area contributed by atoms with E-state index in [1.165, 1.54) is 0 Å². The summed E-state index contributed by atoms with van der Waals surface area (Å²) < 4.78 is 6.18. The lowest BCUT2D eigenvalue weighted by atomic mass is 10.1. The molecular formula is C10H13BrN2O. The summed E-state index contributed by atoms with van der Waals surface area (Å²) in [5.74, 6) is 0. The molecule has 1 aliphatic heterocycles. The van der Waals surface area contributed by atoms with Crippen molar-refractivity contribution in [2.75, 3.05) is 18.5 Å². The number of halogens is 1. The van der Waals surface area contributed by atoms with Crippen LogP contribution < -0.4 is 5.32 Å². The van der Waals surface area contributed by atoms with Crippen LogP contribution in [0.1, 0.15) is 12.8 Å². The van der Waals surface area contributed by atoms with Crippen LogP contribution in [-0.2, 0) is 4.74 Å². The van der Waals surface area contributed by atoms with Gasteiger partial charge in [0.2, 0.25) is 0 Å². The maximum atomic E-state index is 5.30. The van der Waals surface area contributed by atoms with E-state index in [0.29, 0.717) is 6.04 Å². The first kappa shape index (κ1) is 9.93. The summed E-state index contributed by atoms with van der Waals surface area (Å²) in [6, 6.07) is 4.49. The Balaban J connectivity index is 1.99. The quantitative estimate of drug-likeness (QED) is 0.826. The van der Waals surface area contributed by atoms with Gasteiger partial charge >= 0.3 is 0 Å². The van der Waals surface area contributed by atoms with Crippen LogP contribution in [-0.4, -0.2) is 24.2 Å². The van der Waals surface area contributed by atoms with Crippen molar-refractivity contribution in [2.24, 2.45) is 0 Å². The van der Waals surface area contributed by atoms with Crippen molar-refractivity contribution in [3.05, 3.63) is 22.9 Å². The summed E-state index contributed by atoms with van der Waals surface area (Å²) in [4.78, 5) is 4.17. The van der Waals surface area contributed by atoms with Crippen LogP contribution >= 0.6 is 15.9 Å². The average Bonchev–Trinajstić information content (AvgIpc) is 2.23. The van der Waals surface area contributed by atoms with Crippen LogP contribution in [0.2, 0.25) is 0 Å². The Morgan fingerprint density at radius 2 is 2.21 bits per heavy atom. The van der Waals surface area contributed by atoms with E-state index in [4.69, 9.17) is 4.74 Å². The summed E-state index contributed by atoms with van der Waals surface area (Å²) >= 11 is 3.42. The monoisotopic (exact) mass is 256 g/mol. The Morgan fingerprint density at radius 1 is 1.43 bits per heavy atom. The molecule has 1 saturated heterocycles. The number of aromatic nitrogens is 1. The number of hydrogen-bond donors (Lipinski definition) is 1. The molecule has 1 N–H and O–H groups in total. The van der Waals surface area contributed by atoms with E-state index < -0.39 is 0 Å². The van der Waals surface area contributed by atoms with Crippen LogP contribution in [0.25, 0.3) is 0 Å². The van der Waals surface area contributed by atoms with Crippen molar-refractivity contribution in [2.45, 2.75) is 18.9 Å². The normalized spacial score (nSPS) is 18.1. The third-order valence-corrected chi connectivity index (χ3v) is 2.97. The first-order chi connectivity index (χ1) is 6.86. The largest absolute Gasteiger partial charge is 0.381 e. The minimum atomic E-state index is 0.518. The zero-order valence-corrected chi connectivity index (χ0v) is 9.46. The molecule has 0 saturated carbocycles. The maximum absolute atomic E-state index is 5.30. The highest BCUT2D eigenvalue weighted by Crippen LogP contribution is 2.21. The fourth-order valence-corrected chi connectivity index (χ4v) is 1.92. The van der Waals surface area contributed by atoms with E-state index >= 15 is 0 Å². The zero-order chi connectivity index (χ0) is 9.80. The molecule has 0 atom stereocenters. The van der Waals surface area contributed by atoms with Crippen molar-refractivity contribution in [3.8, 4) is 0 Å². The van der Waals surface area contributed by atoms with Gasteiger partial charge in [-0.15, -0.1) is 0 Å². The number of nitrogens with zero attached hydrogens (tertiary/aromatic N) is 1. The summed E-state index contributed by atoms with van der Waals surface area (Å²) in [5.41, 5.74) is 1.07. The van der Waals surface area contributed by atoms with Crippen LogP contribution in [0.4, 0.5) is 5.69 Å². The molecule has 14 heavy (non-hydrogen) atoms. The maximum Gasteiger partial charge on any atom is 0.129 e. The lowest BCUT2D eigenvalue weighted by Gasteiger charge is -2.24. The molecule has 76 valence electrons. The number of ether oxygens (including phenoxy) is 1. The highest BCUT2D eigenvalue weighted by molar-refractivity contribution is 9.10. The predicted octanol–water partition coefficient (Wildman–Crippen LogP) is 2.44. The lowest BCUT2D eigenvalue weighted by molar-refractivity contribution is 0.0904. The second kappa shape index (κ2) is 4.75. The number of pyridine rings is 1. The molecule has 1 aliphatic rings.